The average Bonchev–Trinajstić information content (AvgIpc) is 3.01. The molecule has 0 saturated carbocycles. The number of carbonyl (C=O) groups is 1. The van der Waals surface area contributed by atoms with Crippen LogP contribution in [0.25, 0.3) is 5.57 Å². The van der Waals surface area contributed by atoms with Crippen molar-refractivity contribution in [2.24, 2.45) is 0 Å². The minimum atomic E-state index is -1.35. The molecule has 0 radical (unpaired) electrons. The first kappa shape index (κ1) is 14.6. The smallest absolute Gasteiger partial charge is 0.338 e. The summed E-state index contributed by atoms with van der Waals surface area (Å²) in [6, 6.07) is 5.36. The molecule has 3 N–H and O–H groups in total. The molecule has 0 aliphatic heterocycles. The first-order valence-corrected chi connectivity index (χ1v) is 5.66. The number of aromatic carboxylic acids is 1. The Bertz CT molecular complexity index is 759. The van der Waals surface area contributed by atoms with Crippen molar-refractivity contribution in [3.8, 4) is 6.07 Å². The van der Waals surface area contributed by atoms with Crippen LogP contribution in [0.3, 0.4) is 0 Å². The van der Waals surface area contributed by atoms with Crippen LogP contribution in [0.4, 0.5) is 11.4 Å². The molecule has 0 spiro atoms. The van der Waals surface area contributed by atoms with Gasteiger partial charge in [-0.05, 0) is 11.3 Å². The number of aromatic amines is 1. The van der Waals surface area contributed by atoms with Crippen molar-refractivity contribution in [2.45, 2.75) is 0 Å². The molecule has 0 atom stereocenters. The van der Waals surface area contributed by atoms with Gasteiger partial charge in [-0.3, -0.25) is 10.1 Å². The number of allylic oxidation sites excluding steroid dienone is 1. The molecule has 0 fully saturated rings. The number of nitro groups is 1. The fraction of sp³-hybridized carbons (Fsp3) is 0. The number of rotatable bonds is 5. The van der Waals surface area contributed by atoms with Crippen LogP contribution < -0.4 is 5.32 Å². The lowest BCUT2D eigenvalue weighted by Gasteiger charge is -2.06. The van der Waals surface area contributed by atoms with Crippen LogP contribution in [0.2, 0.25) is 0 Å². The van der Waals surface area contributed by atoms with E-state index in [9.17, 15) is 14.9 Å². The van der Waals surface area contributed by atoms with E-state index in [1.54, 1.807) is 6.07 Å². The number of para-hydroxylation sites is 1. The number of nitrogens with zero attached hydrogens (tertiary/aromatic N) is 5. The Morgan fingerprint density at radius 3 is 2.86 bits per heavy atom. The number of hydrogen-bond acceptors (Lipinski definition) is 8. The average molecular weight is 301 g/mol. The number of anilines is 1. The number of tetrazole rings is 1. The van der Waals surface area contributed by atoms with Crippen molar-refractivity contribution in [1.82, 2.24) is 20.6 Å². The van der Waals surface area contributed by atoms with Gasteiger partial charge in [-0.25, -0.2) is 4.79 Å². The quantitative estimate of drug-likeness (QED) is 0.410. The number of nitrogens with one attached hydrogen (secondary N) is 2. The number of nitro benzene ring substituents is 1. The predicted molar refractivity (Wildman–Crippen MR) is 71.4 cm³/mol. The van der Waals surface area contributed by atoms with Gasteiger partial charge in [0.15, 0.2) is 0 Å². The lowest BCUT2D eigenvalue weighted by atomic mass is 10.1. The molecule has 0 aliphatic carbocycles. The second kappa shape index (κ2) is 6.09. The highest BCUT2D eigenvalue weighted by molar-refractivity contribution is 5.97. The highest BCUT2D eigenvalue weighted by atomic mass is 16.6. The molecule has 110 valence electrons. The van der Waals surface area contributed by atoms with E-state index in [1.165, 1.54) is 12.1 Å². The van der Waals surface area contributed by atoms with Crippen LogP contribution in [0.1, 0.15) is 16.2 Å². The minimum absolute atomic E-state index is 0.0366. The monoisotopic (exact) mass is 301 g/mol. The first-order chi connectivity index (χ1) is 10.5. The topological polar surface area (TPSA) is 171 Å². The molecule has 0 saturated heterocycles. The maximum Gasteiger partial charge on any atom is 0.338 e. The fourth-order valence-electron chi connectivity index (χ4n) is 1.59. The number of nitriles is 1. The summed E-state index contributed by atoms with van der Waals surface area (Å²) in [4.78, 5) is 21.4. The normalized spacial score (nSPS) is 10.8. The van der Waals surface area contributed by atoms with E-state index in [2.05, 4.69) is 25.9 Å². The van der Waals surface area contributed by atoms with E-state index in [-0.39, 0.29) is 22.6 Å². The van der Waals surface area contributed by atoms with Gasteiger partial charge in [0.2, 0.25) is 5.82 Å². The Balaban J connectivity index is 2.46. The second-order valence-corrected chi connectivity index (χ2v) is 3.81. The Morgan fingerprint density at radius 1 is 1.55 bits per heavy atom. The molecule has 0 bridgehead atoms. The van der Waals surface area contributed by atoms with Gasteiger partial charge in [0.1, 0.15) is 17.3 Å². The van der Waals surface area contributed by atoms with Gasteiger partial charge in [0.05, 0.1) is 10.5 Å². The molecule has 1 aromatic heterocycles. The standard InChI is InChI=1S/C11H7N7O4/c12-4-6(10-14-16-17-15-10)5-13-9-7(11(19)20)2-1-3-8(9)18(21)22/h1-3,5,13H,(H,19,20)(H,14,15,16,17). The Kier molecular flexibility index (Phi) is 4.04. The van der Waals surface area contributed by atoms with Crippen molar-refractivity contribution in [3.63, 3.8) is 0 Å². The van der Waals surface area contributed by atoms with Gasteiger partial charge in [0, 0.05) is 12.3 Å². The lowest BCUT2D eigenvalue weighted by Crippen LogP contribution is -2.06. The van der Waals surface area contributed by atoms with Gasteiger partial charge < -0.3 is 10.4 Å². The maximum absolute atomic E-state index is 11.2. The van der Waals surface area contributed by atoms with E-state index in [0.717, 1.165) is 12.3 Å². The van der Waals surface area contributed by atoms with Gasteiger partial charge in [-0.15, -0.1) is 10.2 Å². The molecule has 11 nitrogen and oxygen atoms in total. The van der Waals surface area contributed by atoms with Crippen LogP contribution >= 0.6 is 0 Å². The molecule has 1 heterocycles. The maximum atomic E-state index is 11.2. The fourth-order valence-corrected chi connectivity index (χ4v) is 1.59. The molecule has 11 heteroatoms. The third kappa shape index (κ3) is 2.85. The third-order valence-corrected chi connectivity index (χ3v) is 2.54. The molecule has 0 unspecified atom stereocenters. The van der Waals surface area contributed by atoms with Crippen LogP contribution in [-0.4, -0.2) is 36.6 Å². The van der Waals surface area contributed by atoms with Crippen LogP contribution in [-0.2, 0) is 0 Å². The van der Waals surface area contributed by atoms with Crippen LogP contribution in [0.15, 0.2) is 24.4 Å². The summed E-state index contributed by atoms with van der Waals surface area (Å²) in [5.74, 6) is -1.39. The number of carboxylic acid groups (broad SMARTS) is 1. The van der Waals surface area contributed by atoms with E-state index in [4.69, 9.17) is 10.4 Å². The highest BCUT2D eigenvalue weighted by Crippen LogP contribution is 2.28. The summed E-state index contributed by atoms with van der Waals surface area (Å²) in [7, 11) is 0. The zero-order valence-corrected chi connectivity index (χ0v) is 10.7. The van der Waals surface area contributed by atoms with Crippen molar-refractivity contribution < 1.29 is 14.8 Å². The summed E-state index contributed by atoms with van der Waals surface area (Å²) in [6.45, 7) is 0. The molecule has 0 amide bonds. The van der Waals surface area contributed by atoms with E-state index >= 15 is 0 Å². The zero-order chi connectivity index (χ0) is 16.1. The highest BCUT2D eigenvalue weighted by Gasteiger charge is 2.21. The van der Waals surface area contributed by atoms with E-state index in [0.29, 0.717) is 0 Å². The van der Waals surface area contributed by atoms with E-state index in [1.807, 2.05) is 0 Å². The third-order valence-electron chi connectivity index (χ3n) is 2.54. The number of H-pyrrole nitrogens is 1. The number of carboxylic acids is 1. The lowest BCUT2D eigenvalue weighted by molar-refractivity contribution is -0.383. The summed E-state index contributed by atoms with van der Waals surface area (Å²) >= 11 is 0. The number of benzene rings is 1. The minimum Gasteiger partial charge on any atom is -0.478 e. The molecule has 2 aromatic rings. The van der Waals surface area contributed by atoms with Gasteiger partial charge in [-0.1, -0.05) is 6.07 Å². The Morgan fingerprint density at radius 2 is 2.32 bits per heavy atom. The summed E-state index contributed by atoms with van der Waals surface area (Å²) in [5.41, 5.74) is -1.09. The Hall–Kier alpha value is -3.81. The molecule has 0 aliphatic rings. The van der Waals surface area contributed by atoms with Crippen LogP contribution in [0, 0.1) is 21.4 Å². The molecular formula is C11H7N7O4. The number of hydrogen-bond donors (Lipinski definition) is 3. The molecule has 22 heavy (non-hydrogen) atoms. The van der Waals surface area contributed by atoms with Crippen molar-refractivity contribution in [2.75, 3.05) is 5.32 Å². The molecular weight excluding hydrogens is 294 g/mol. The van der Waals surface area contributed by atoms with Gasteiger partial charge in [0.25, 0.3) is 5.69 Å². The van der Waals surface area contributed by atoms with Gasteiger partial charge in [-0.2, -0.15) is 10.5 Å². The predicted octanol–water partition coefficient (Wildman–Crippen LogP) is 0.783. The summed E-state index contributed by atoms with van der Waals surface area (Å²) in [5, 5.41) is 44.1. The largest absolute Gasteiger partial charge is 0.478 e. The molecule has 2 rings (SSSR count). The SMILES string of the molecule is N#CC(=CNc1c(C(=O)O)cccc1[N+](=O)[O-])c1nn[nH]n1. The first-order valence-electron chi connectivity index (χ1n) is 5.66. The summed E-state index contributed by atoms with van der Waals surface area (Å²) in [6.07, 6.45) is 1.07. The van der Waals surface area contributed by atoms with Crippen molar-refractivity contribution in [3.05, 3.63) is 45.9 Å². The van der Waals surface area contributed by atoms with Gasteiger partial charge >= 0.3 is 5.97 Å². The zero-order valence-electron chi connectivity index (χ0n) is 10.7. The van der Waals surface area contributed by atoms with Crippen LogP contribution in [0.5, 0.6) is 0 Å². The summed E-state index contributed by atoms with van der Waals surface area (Å²) < 4.78 is 0. The second-order valence-electron chi connectivity index (χ2n) is 3.81. The molecule has 1 aromatic carbocycles. The van der Waals surface area contributed by atoms with Crippen molar-refractivity contribution in [1.29, 1.82) is 5.26 Å². The van der Waals surface area contributed by atoms with Crippen molar-refractivity contribution >= 4 is 22.9 Å². The van der Waals surface area contributed by atoms with E-state index < -0.39 is 16.6 Å². The Labute approximate surface area is 122 Å². The number of aromatic nitrogens is 4.